The van der Waals surface area contributed by atoms with E-state index in [1.165, 1.54) is 48.5 Å². The van der Waals surface area contributed by atoms with Crippen LogP contribution in [0.15, 0.2) is 72.8 Å². The number of halogens is 7. The molecule has 3 aromatic carbocycles. The van der Waals surface area contributed by atoms with E-state index in [4.69, 9.17) is 0 Å². The maximum atomic E-state index is 13.3. The predicted molar refractivity (Wildman–Crippen MR) is 125 cm³/mol. The van der Waals surface area contributed by atoms with Crippen molar-refractivity contribution in [2.75, 3.05) is 0 Å². The fraction of sp³-hybridized carbons (Fsp3) is 0.160. The van der Waals surface area contributed by atoms with Gasteiger partial charge in [-0.2, -0.15) is 31.9 Å². The van der Waals surface area contributed by atoms with Gasteiger partial charge in [0.25, 0.3) is 0 Å². The van der Waals surface area contributed by atoms with Crippen molar-refractivity contribution in [3.8, 4) is 11.4 Å². The minimum absolute atomic E-state index is 0.0508. The summed E-state index contributed by atoms with van der Waals surface area (Å²) >= 11 is 0. The van der Waals surface area contributed by atoms with E-state index in [9.17, 15) is 30.7 Å². The smallest absolute Gasteiger partial charge is 0.258 e. The van der Waals surface area contributed by atoms with Gasteiger partial charge in [-0.15, -0.1) is 0 Å². The molecule has 1 aromatic heterocycles. The van der Waals surface area contributed by atoms with Crippen molar-refractivity contribution in [1.29, 1.82) is 0 Å². The summed E-state index contributed by atoms with van der Waals surface area (Å²) in [5.74, 6) is 8.52. The molecule has 4 aromatic rings. The predicted octanol–water partition coefficient (Wildman–Crippen LogP) is 5.22. The molecule has 0 unspecified atom stereocenters. The lowest BCUT2D eigenvalue weighted by Gasteiger charge is -2.11. The molecule has 38 heavy (non-hydrogen) atoms. The van der Waals surface area contributed by atoms with Crippen molar-refractivity contribution < 1.29 is 30.7 Å². The monoisotopic (exact) mass is 538 g/mol. The van der Waals surface area contributed by atoms with E-state index in [0.29, 0.717) is 5.56 Å². The lowest BCUT2D eigenvalue weighted by molar-refractivity contribution is -0.138. The van der Waals surface area contributed by atoms with Gasteiger partial charge in [-0.1, -0.05) is 42.5 Å². The second-order valence-corrected chi connectivity index (χ2v) is 7.91. The van der Waals surface area contributed by atoms with Crippen LogP contribution in [0.1, 0.15) is 33.9 Å². The van der Waals surface area contributed by atoms with Gasteiger partial charge in [-0.25, -0.2) is 19.3 Å². The Morgan fingerprint density at radius 1 is 0.632 bits per heavy atom. The fourth-order valence-electron chi connectivity index (χ4n) is 3.42. The Morgan fingerprint density at radius 3 is 1.68 bits per heavy atom. The maximum Gasteiger partial charge on any atom is 0.416 e. The maximum absolute atomic E-state index is 13.3. The van der Waals surface area contributed by atoms with Gasteiger partial charge in [0, 0.05) is 18.4 Å². The average Bonchev–Trinajstić information content (AvgIpc) is 2.85. The van der Waals surface area contributed by atoms with Crippen LogP contribution in [0.3, 0.4) is 0 Å². The molecule has 0 aliphatic rings. The Hall–Kier alpha value is -3.94. The highest BCUT2D eigenvalue weighted by molar-refractivity contribution is 5.56. The van der Waals surface area contributed by atoms with Crippen LogP contribution in [0.5, 0.6) is 0 Å². The van der Waals surface area contributed by atoms with Crippen LogP contribution in [0, 0.1) is 5.82 Å². The Labute approximate surface area is 212 Å². The Bertz CT molecular complexity index is 1360. The number of aromatic nitrogens is 3. The van der Waals surface area contributed by atoms with Gasteiger partial charge in [0.1, 0.15) is 17.5 Å². The third kappa shape index (κ3) is 8.03. The lowest BCUT2D eigenvalue weighted by Crippen LogP contribution is -2.29. The topological polar surface area (TPSA) is 103 Å². The largest absolute Gasteiger partial charge is 0.416 e. The SMILES string of the molecule is Fc1ccc(Cc2nc(Cc3cccc(C(F)(F)F)c3)nc(-c3cccc(C(F)(F)F)c3)n2)cc1.NNN. The van der Waals surface area contributed by atoms with Crippen LogP contribution in [0.2, 0.25) is 0 Å². The molecular weight excluding hydrogens is 517 g/mol. The molecule has 6 nitrogen and oxygen atoms in total. The molecule has 0 fully saturated rings. The van der Waals surface area contributed by atoms with Crippen molar-refractivity contribution in [2.45, 2.75) is 25.2 Å². The molecule has 0 aliphatic heterocycles. The van der Waals surface area contributed by atoms with E-state index in [1.54, 1.807) is 5.53 Å². The Balaban J connectivity index is 0.00000127. The molecule has 0 saturated carbocycles. The zero-order valence-electron chi connectivity index (χ0n) is 19.5. The standard InChI is InChI=1S/C25H16F7N3.H5N3/c26-20-9-7-15(8-10-20)12-21-33-22(13-16-3-1-5-18(11-16)24(27,28)29)35-23(34-21)17-4-2-6-19(14-17)25(30,31)32;1-3-2/h1-11,14H,12-13H2;3H,1-2H2. The van der Waals surface area contributed by atoms with Crippen molar-refractivity contribution in [2.24, 2.45) is 11.7 Å². The van der Waals surface area contributed by atoms with Gasteiger partial charge in [-0.3, -0.25) is 11.7 Å². The molecule has 0 amide bonds. The lowest BCUT2D eigenvalue weighted by atomic mass is 10.1. The van der Waals surface area contributed by atoms with Crippen molar-refractivity contribution >= 4 is 0 Å². The van der Waals surface area contributed by atoms with Crippen molar-refractivity contribution in [3.05, 3.63) is 113 Å². The van der Waals surface area contributed by atoms with E-state index in [2.05, 4.69) is 26.6 Å². The van der Waals surface area contributed by atoms with Crippen LogP contribution in [-0.2, 0) is 25.2 Å². The number of hydrogen-bond donors (Lipinski definition) is 3. The van der Waals surface area contributed by atoms with Gasteiger partial charge >= 0.3 is 12.4 Å². The van der Waals surface area contributed by atoms with E-state index in [0.717, 1.165) is 24.3 Å². The summed E-state index contributed by atoms with van der Waals surface area (Å²) in [6.45, 7) is 0. The van der Waals surface area contributed by atoms with Crippen LogP contribution in [0.4, 0.5) is 30.7 Å². The molecule has 0 saturated heterocycles. The molecule has 4 rings (SSSR count). The van der Waals surface area contributed by atoms with E-state index in [-0.39, 0.29) is 41.4 Å². The molecular formula is C25H21F7N6. The highest BCUT2D eigenvalue weighted by Gasteiger charge is 2.31. The third-order valence-corrected chi connectivity index (χ3v) is 5.07. The fourth-order valence-corrected chi connectivity index (χ4v) is 3.42. The summed E-state index contributed by atoms with van der Waals surface area (Å²) in [7, 11) is 0. The summed E-state index contributed by atoms with van der Waals surface area (Å²) in [5.41, 5.74) is 1.00. The van der Waals surface area contributed by atoms with Gasteiger partial charge in [-0.05, 0) is 41.5 Å². The zero-order valence-corrected chi connectivity index (χ0v) is 19.5. The number of hydrazine groups is 2. The van der Waals surface area contributed by atoms with Gasteiger partial charge in [0.2, 0.25) is 0 Å². The summed E-state index contributed by atoms with van der Waals surface area (Å²) in [6, 6.07) is 14.6. The summed E-state index contributed by atoms with van der Waals surface area (Å²) in [6.07, 6.45) is -9.11. The van der Waals surface area contributed by atoms with Crippen LogP contribution >= 0.6 is 0 Å². The first kappa shape index (κ1) is 28.6. The molecule has 0 aliphatic carbocycles. The molecule has 200 valence electrons. The normalized spacial score (nSPS) is 11.6. The molecule has 0 radical (unpaired) electrons. The Morgan fingerprint density at radius 2 is 1.13 bits per heavy atom. The number of benzene rings is 3. The summed E-state index contributed by atoms with van der Waals surface area (Å²) < 4.78 is 92.2. The van der Waals surface area contributed by atoms with Crippen molar-refractivity contribution in [3.63, 3.8) is 0 Å². The quantitative estimate of drug-likeness (QED) is 0.183. The summed E-state index contributed by atoms with van der Waals surface area (Å²) in [5, 5.41) is 0. The number of nitrogens with zero attached hydrogens (tertiary/aromatic N) is 3. The highest BCUT2D eigenvalue weighted by Crippen LogP contribution is 2.32. The van der Waals surface area contributed by atoms with Crippen molar-refractivity contribution in [1.82, 2.24) is 20.5 Å². The first-order chi connectivity index (χ1) is 17.9. The minimum Gasteiger partial charge on any atom is -0.258 e. The zero-order chi connectivity index (χ0) is 27.9. The van der Waals surface area contributed by atoms with Crippen LogP contribution in [0.25, 0.3) is 11.4 Å². The minimum atomic E-state index is -4.58. The second-order valence-electron chi connectivity index (χ2n) is 7.91. The molecule has 1 heterocycles. The third-order valence-electron chi connectivity index (χ3n) is 5.07. The highest BCUT2D eigenvalue weighted by atomic mass is 19.4. The molecule has 5 N–H and O–H groups in total. The van der Waals surface area contributed by atoms with Gasteiger partial charge in [0.15, 0.2) is 5.82 Å². The molecule has 0 spiro atoms. The van der Waals surface area contributed by atoms with Gasteiger partial charge < -0.3 is 0 Å². The number of rotatable bonds is 5. The molecule has 13 heteroatoms. The number of nitrogens with two attached hydrogens (primary N) is 2. The number of hydrogen-bond acceptors (Lipinski definition) is 6. The van der Waals surface area contributed by atoms with Crippen LogP contribution in [-0.4, -0.2) is 15.0 Å². The van der Waals surface area contributed by atoms with E-state index in [1.807, 2.05) is 0 Å². The molecule has 0 bridgehead atoms. The number of alkyl halides is 6. The van der Waals surface area contributed by atoms with Crippen LogP contribution < -0.4 is 17.2 Å². The molecule has 0 atom stereocenters. The van der Waals surface area contributed by atoms with Gasteiger partial charge in [0.05, 0.1) is 11.1 Å². The number of nitrogens with one attached hydrogen (secondary N) is 1. The summed E-state index contributed by atoms with van der Waals surface area (Å²) in [4.78, 5) is 12.8. The Kier molecular flexibility index (Phi) is 9.09. The van der Waals surface area contributed by atoms with E-state index < -0.39 is 29.3 Å². The second kappa shape index (κ2) is 12.1. The average molecular weight is 538 g/mol. The van der Waals surface area contributed by atoms with E-state index >= 15 is 0 Å². The first-order valence-electron chi connectivity index (χ1n) is 10.9. The first-order valence-corrected chi connectivity index (χ1v) is 10.9.